The zero-order valence-electron chi connectivity index (χ0n) is 9.09. The number of hydrogen-bond donors (Lipinski definition) is 0. The predicted octanol–water partition coefficient (Wildman–Crippen LogP) is 4.45. The first-order valence-corrected chi connectivity index (χ1v) is 5.87. The van der Waals surface area contributed by atoms with Gasteiger partial charge in [0, 0.05) is 0 Å². The number of halogens is 4. The summed E-state index contributed by atoms with van der Waals surface area (Å²) in [6, 6.07) is 7.71. The molecule has 0 saturated carbocycles. The highest BCUT2D eigenvalue weighted by Crippen LogP contribution is 2.22. The molecule has 0 aliphatic rings. The molecule has 0 saturated heterocycles. The van der Waals surface area contributed by atoms with Crippen LogP contribution >= 0.6 is 15.9 Å². The highest BCUT2D eigenvalue weighted by atomic mass is 79.9. The molecule has 0 aliphatic heterocycles. The van der Waals surface area contributed by atoms with Gasteiger partial charge in [0.15, 0.2) is 11.6 Å². The topological polar surface area (TPSA) is 9.23 Å². The maximum Gasteiger partial charge on any atom is 0.159 e. The second-order valence-electron chi connectivity index (χ2n) is 3.61. The van der Waals surface area contributed by atoms with Gasteiger partial charge in [-0.3, -0.25) is 0 Å². The average Bonchev–Trinajstić information content (AvgIpc) is 2.35. The van der Waals surface area contributed by atoms with Gasteiger partial charge in [-0.25, -0.2) is 13.2 Å². The van der Waals surface area contributed by atoms with Gasteiger partial charge in [0.2, 0.25) is 0 Å². The number of rotatable bonds is 3. The first-order valence-electron chi connectivity index (χ1n) is 5.08. The van der Waals surface area contributed by atoms with Crippen LogP contribution in [0.4, 0.5) is 13.2 Å². The highest BCUT2D eigenvalue weighted by Gasteiger charge is 2.04. The minimum Gasteiger partial charge on any atom is -0.489 e. The van der Waals surface area contributed by atoms with Crippen molar-refractivity contribution in [1.29, 1.82) is 0 Å². The molecule has 94 valence electrons. The quantitative estimate of drug-likeness (QED) is 0.813. The van der Waals surface area contributed by atoms with Gasteiger partial charge in [-0.05, 0) is 51.8 Å². The van der Waals surface area contributed by atoms with Gasteiger partial charge in [-0.1, -0.05) is 6.07 Å². The Morgan fingerprint density at radius 2 is 1.61 bits per heavy atom. The molecule has 2 aromatic rings. The fraction of sp³-hybridized carbons (Fsp3) is 0.0769. The van der Waals surface area contributed by atoms with Crippen LogP contribution in [-0.4, -0.2) is 0 Å². The Kier molecular flexibility index (Phi) is 3.91. The smallest absolute Gasteiger partial charge is 0.159 e. The fourth-order valence-electron chi connectivity index (χ4n) is 1.36. The van der Waals surface area contributed by atoms with Crippen molar-refractivity contribution in [3.05, 3.63) is 63.9 Å². The number of hydrogen-bond acceptors (Lipinski definition) is 1. The van der Waals surface area contributed by atoms with Crippen LogP contribution in [0.2, 0.25) is 0 Å². The second-order valence-corrected chi connectivity index (χ2v) is 4.47. The standard InChI is InChI=1S/C13H8BrF3O/c14-10-6-9(2-4-11(10)15)18-7-8-1-3-12(16)13(17)5-8/h1-6H,7H2. The summed E-state index contributed by atoms with van der Waals surface area (Å²) < 4.78 is 44.2. The van der Waals surface area contributed by atoms with Crippen molar-refractivity contribution >= 4 is 15.9 Å². The molecule has 0 heterocycles. The molecule has 18 heavy (non-hydrogen) atoms. The van der Waals surface area contributed by atoms with E-state index < -0.39 is 17.5 Å². The van der Waals surface area contributed by atoms with Crippen LogP contribution in [0.15, 0.2) is 40.9 Å². The normalized spacial score (nSPS) is 10.4. The lowest BCUT2D eigenvalue weighted by Gasteiger charge is -2.07. The summed E-state index contributed by atoms with van der Waals surface area (Å²) in [6.07, 6.45) is 0. The third-order valence-electron chi connectivity index (χ3n) is 2.28. The molecule has 0 aliphatic carbocycles. The lowest BCUT2D eigenvalue weighted by molar-refractivity contribution is 0.304. The lowest BCUT2D eigenvalue weighted by Crippen LogP contribution is -1.97. The van der Waals surface area contributed by atoms with E-state index in [0.29, 0.717) is 11.3 Å². The van der Waals surface area contributed by atoms with E-state index in [9.17, 15) is 13.2 Å². The zero-order valence-corrected chi connectivity index (χ0v) is 10.7. The maximum atomic E-state index is 13.0. The first kappa shape index (κ1) is 13.0. The molecule has 2 aromatic carbocycles. The molecule has 0 N–H and O–H groups in total. The summed E-state index contributed by atoms with van der Waals surface area (Å²) in [5.74, 6) is -1.78. The summed E-state index contributed by atoms with van der Waals surface area (Å²) in [7, 11) is 0. The van der Waals surface area contributed by atoms with Gasteiger partial charge in [0.05, 0.1) is 4.47 Å². The molecular formula is C13H8BrF3O. The molecule has 0 aromatic heterocycles. The second kappa shape index (κ2) is 5.44. The van der Waals surface area contributed by atoms with Gasteiger partial charge in [0.25, 0.3) is 0 Å². The summed E-state index contributed by atoms with van der Waals surface area (Å²) in [5, 5.41) is 0. The first-order chi connectivity index (χ1) is 8.56. The van der Waals surface area contributed by atoms with E-state index in [4.69, 9.17) is 4.74 Å². The van der Waals surface area contributed by atoms with Crippen LogP contribution in [0.1, 0.15) is 5.56 Å². The molecule has 0 bridgehead atoms. The molecule has 0 radical (unpaired) electrons. The van der Waals surface area contributed by atoms with E-state index >= 15 is 0 Å². The third kappa shape index (κ3) is 3.04. The minimum absolute atomic E-state index is 0.0786. The molecule has 1 nitrogen and oxygen atoms in total. The summed E-state index contributed by atoms with van der Waals surface area (Å²) in [4.78, 5) is 0. The molecule has 0 atom stereocenters. The molecular weight excluding hydrogens is 309 g/mol. The summed E-state index contributed by atoms with van der Waals surface area (Å²) in [5.41, 5.74) is 0.495. The Balaban J connectivity index is 2.06. The van der Waals surface area contributed by atoms with Crippen LogP contribution in [0.5, 0.6) is 5.75 Å². The summed E-state index contributed by atoms with van der Waals surface area (Å²) in [6.45, 7) is 0.0786. The highest BCUT2D eigenvalue weighted by molar-refractivity contribution is 9.10. The van der Waals surface area contributed by atoms with E-state index in [2.05, 4.69) is 15.9 Å². The predicted molar refractivity (Wildman–Crippen MR) is 64.8 cm³/mol. The van der Waals surface area contributed by atoms with Crippen molar-refractivity contribution in [2.24, 2.45) is 0 Å². The van der Waals surface area contributed by atoms with Crippen molar-refractivity contribution in [1.82, 2.24) is 0 Å². The van der Waals surface area contributed by atoms with E-state index in [-0.39, 0.29) is 11.1 Å². The van der Waals surface area contributed by atoms with Crippen LogP contribution in [-0.2, 0) is 6.61 Å². The molecule has 0 fully saturated rings. The average molecular weight is 317 g/mol. The van der Waals surface area contributed by atoms with Gasteiger partial charge in [-0.15, -0.1) is 0 Å². The minimum atomic E-state index is -0.920. The van der Waals surface area contributed by atoms with Gasteiger partial charge in [0.1, 0.15) is 18.2 Å². The van der Waals surface area contributed by atoms with Crippen molar-refractivity contribution in [3.63, 3.8) is 0 Å². The van der Waals surface area contributed by atoms with E-state index in [1.54, 1.807) is 0 Å². The summed E-state index contributed by atoms with van der Waals surface area (Å²) >= 11 is 3.03. The van der Waals surface area contributed by atoms with Gasteiger partial charge >= 0.3 is 0 Å². The van der Waals surface area contributed by atoms with Crippen LogP contribution in [0.25, 0.3) is 0 Å². The Morgan fingerprint density at radius 3 is 2.28 bits per heavy atom. The zero-order chi connectivity index (χ0) is 13.1. The Labute approximate surface area is 110 Å². The van der Waals surface area contributed by atoms with Crippen molar-refractivity contribution in [2.75, 3.05) is 0 Å². The molecule has 5 heteroatoms. The van der Waals surface area contributed by atoms with Gasteiger partial charge in [-0.2, -0.15) is 0 Å². The molecule has 2 rings (SSSR count). The fourth-order valence-corrected chi connectivity index (χ4v) is 1.72. The molecule has 0 unspecified atom stereocenters. The maximum absolute atomic E-state index is 13.0. The third-order valence-corrected chi connectivity index (χ3v) is 2.89. The van der Waals surface area contributed by atoms with E-state index in [1.807, 2.05) is 0 Å². The van der Waals surface area contributed by atoms with Crippen molar-refractivity contribution < 1.29 is 17.9 Å². The van der Waals surface area contributed by atoms with Crippen molar-refractivity contribution in [3.8, 4) is 5.75 Å². The van der Waals surface area contributed by atoms with Crippen LogP contribution < -0.4 is 4.74 Å². The number of benzene rings is 2. The number of ether oxygens (including phenoxy) is 1. The molecule has 0 amide bonds. The monoisotopic (exact) mass is 316 g/mol. The Morgan fingerprint density at radius 1 is 0.889 bits per heavy atom. The van der Waals surface area contributed by atoms with Crippen LogP contribution in [0, 0.1) is 17.5 Å². The largest absolute Gasteiger partial charge is 0.489 e. The van der Waals surface area contributed by atoms with Crippen LogP contribution in [0.3, 0.4) is 0 Å². The SMILES string of the molecule is Fc1ccc(COc2ccc(F)c(Br)c2)cc1F. The van der Waals surface area contributed by atoms with E-state index in [1.165, 1.54) is 24.3 Å². The van der Waals surface area contributed by atoms with Crippen molar-refractivity contribution in [2.45, 2.75) is 6.61 Å². The van der Waals surface area contributed by atoms with Gasteiger partial charge < -0.3 is 4.74 Å². The van der Waals surface area contributed by atoms with E-state index in [0.717, 1.165) is 12.1 Å². The lowest BCUT2D eigenvalue weighted by atomic mass is 10.2. The Bertz CT molecular complexity index is 521. The molecule has 0 spiro atoms. The Hall–Kier alpha value is -1.49.